The van der Waals surface area contributed by atoms with Gasteiger partial charge in [-0.2, -0.15) is 0 Å². The first-order valence-corrected chi connectivity index (χ1v) is 12.9. The van der Waals surface area contributed by atoms with Crippen molar-refractivity contribution in [2.45, 2.75) is 78.2 Å². The molecule has 2 fully saturated rings. The first-order chi connectivity index (χ1) is 16.9. The molecule has 8 heteroatoms. The number of aromatic nitrogens is 1. The second-order valence-corrected chi connectivity index (χ2v) is 10.2. The van der Waals surface area contributed by atoms with E-state index in [2.05, 4.69) is 46.7 Å². The van der Waals surface area contributed by atoms with Crippen molar-refractivity contribution >= 4 is 29.2 Å². The van der Waals surface area contributed by atoms with Gasteiger partial charge in [0, 0.05) is 18.7 Å². The monoisotopic (exact) mass is 482 g/mol. The van der Waals surface area contributed by atoms with E-state index < -0.39 is 0 Å². The second-order valence-electron chi connectivity index (χ2n) is 10.2. The lowest BCUT2D eigenvalue weighted by Crippen LogP contribution is -2.40. The fraction of sp³-hybridized carbons (Fsp3) is 0.593. The van der Waals surface area contributed by atoms with Crippen LogP contribution in [0.1, 0.15) is 76.5 Å². The van der Waals surface area contributed by atoms with Crippen molar-refractivity contribution < 1.29 is 18.8 Å². The molecular weight excluding hydrogens is 444 g/mol. The van der Waals surface area contributed by atoms with Crippen LogP contribution in [0.5, 0.6) is 0 Å². The average Bonchev–Trinajstić information content (AvgIpc) is 3.53. The van der Waals surface area contributed by atoms with Crippen LogP contribution in [0.25, 0.3) is 0 Å². The minimum Gasteiger partial charge on any atom is -0.466 e. The van der Waals surface area contributed by atoms with Crippen LogP contribution in [0.3, 0.4) is 0 Å². The van der Waals surface area contributed by atoms with Gasteiger partial charge in [0.05, 0.1) is 23.9 Å². The Labute approximate surface area is 207 Å². The predicted octanol–water partition coefficient (Wildman–Crippen LogP) is 6.09. The molecule has 4 rings (SSSR count). The Morgan fingerprint density at radius 1 is 1.17 bits per heavy atom. The Hall–Kier alpha value is -3.03. The number of hydrogen-bond donors (Lipinski definition) is 2. The number of ether oxygens (including phenoxy) is 1. The fourth-order valence-corrected chi connectivity index (χ4v) is 5.13. The number of urea groups is 1. The number of nitrogens with one attached hydrogen (secondary N) is 2. The van der Waals surface area contributed by atoms with Crippen LogP contribution in [0.2, 0.25) is 0 Å². The highest BCUT2D eigenvalue weighted by Gasteiger charge is 2.45. The number of anilines is 3. The van der Waals surface area contributed by atoms with E-state index in [0.717, 1.165) is 42.7 Å². The lowest BCUT2D eigenvalue weighted by Gasteiger charge is -2.38. The maximum atomic E-state index is 12.9. The third kappa shape index (κ3) is 6.35. The van der Waals surface area contributed by atoms with E-state index in [0.29, 0.717) is 30.1 Å². The highest BCUT2D eigenvalue weighted by Crippen LogP contribution is 2.49. The van der Waals surface area contributed by atoms with Crippen molar-refractivity contribution in [2.75, 3.05) is 28.7 Å². The van der Waals surface area contributed by atoms with Crippen LogP contribution in [0, 0.1) is 18.8 Å². The van der Waals surface area contributed by atoms with Gasteiger partial charge in [-0.3, -0.25) is 10.1 Å². The summed E-state index contributed by atoms with van der Waals surface area (Å²) in [5.41, 5.74) is 2.82. The molecule has 0 unspecified atom stereocenters. The third-order valence-electron chi connectivity index (χ3n) is 6.83. The van der Waals surface area contributed by atoms with Gasteiger partial charge in [-0.25, -0.2) is 4.79 Å². The Balaban J connectivity index is 1.61. The molecule has 1 aromatic carbocycles. The van der Waals surface area contributed by atoms with Gasteiger partial charge in [-0.05, 0) is 62.6 Å². The lowest BCUT2D eigenvalue weighted by atomic mass is 9.92. The Morgan fingerprint density at radius 3 is 2.60 bits per heavy atom. The van der Waals surface area contributed by atoms with Gasteiger partial charge in [0.15, 0.2) is 5.82 Å². The molecule has 0 saturated heterocycles. The molecule has 0 radical (unpaired) electrons. The van der Waals surface area contributed by atoms with E-state index >= 15 is 0 Å². The summed E-state index contributed by atoms with van der Waals surface area (Å²) in [6.45, 7) is 9.37. The van der Waals surface area contributed by atoms with Crippen molar-refractivity contribution in [2.24, 2.45) is 11.8 Å². The van der Waals surface area contributed by atoms with Crippen LogP contribution >= 0.6 is 0 Å². The first-order valence-electron chi connectivity index (χ1n) is 12.9. The zero-order chi connectivity index (χ0) is 24.9. The molecule has 2 aromatic rings. The molecule has 0 spiro atoms. The first kappa shape index (κ1) is 25.1. The number of esters is 1. The summed E-state index contributed by atoms with van der Waals surface area (Å²) in [7, 11) is 0. The summed E-state index contributed by atoms with van der Waals surface area (Å²) in [5.74, 6) is 1.35. The Kier molecular flexibility index (Phi) is 7.98. The number of rotatable bonds is 9. The number of benzene rings is 1. The van der Waals surface area contributed by atoms with E-state index in [-0.39, 0.29) is 23.8 Å². The number of carbonyl (C=O) groups excluding carboxylic acids is 2. The summed E-state index contributed by atoms with van der Waals surface area (Å²) in [4.78, 5) is 27.6. The van der Waals surface area contributed by atoms with E-state index in [1.165, 1.54) is 19.3 Å². The normalized spacial score (nSPS) is 19.9. The van der Waals surface area contributed by atoms with E-state index in [1.54, 1.807) is 13.0 Å². The number of amides is 2. The summed E-state index contributed by atoms with van der Waals surface area (Å²) < 4.78 is 10.3. The molecule has 2 saturated carbocycles. The van der Waals surface area contributed by atoms with E-state index in [1.807, 2.05) is 13.0 Å². The summed E-state index contributed by atoms with van der Waals surface area (Å²) in [6.07, 6.45) is 6.84. The number of carbonyl (C=O) groups is 2. The van der Waals surface area contributed by atoms with Crippen molar-refractivity contribution in [3.8, 4) is 0 Å². The standard InChI is InChI=1S/C27H38N4O4/c1-5-34-26(32)22-15-21(22)19-11-12-24(31(16-17(2)3)20-9-7-6-8-10-20)23(14-19)28-27(33)29-25-13-18(4)35-30-25/h11-14,17,20-22H,5-10,15-16H2,1-4H3,(H2,28,29,30,33)/t21-,22-/m1/s1. The van der Waals surface area contributed by atoms with Gasteiger partial charge in [-0.15, -0.1) is 0 Å². The van der Waals surface area contributed by atoms with Crippen LogP contribution in [-0.2, 0) is 9.53 Å². The summed E-state index contributed by atoms with van der Waals surface area (Å²) >= 11 is 0. The predicted molar refractivity (Wildman–Crippen MR) is 137 cm³/mol. The molecule has 2 aliphatic carbocycles. The third-order valence-corrected chi connectivity index (χ3v) is 6.83. The van der Waals surface area contributed by atoms with E-state index in [9.17, 15) is 9.59 Å². The van der Waals surface area contributed by atoms with Gasteiger partial charge in [-0.1, -0.05) is 44.3 Å². The number of hydrogen-bond acceptors (Lipinski definition) is 6. The Morgan fingerprint density at radius 2 is 1.94 bits per heavy atom. The van der Waals surface area contributed by atoms with Crippen molar-refractivity contribution in [1.82, 2.24) is 5.16 Å². The highest BCUT2D eigenvalue weighted by molar-refractivity contribution is 6.01. The highest BCUT2D eigenvalue weighted by atomic mass is 16.5. The van der Waals surface area contributed by atoms with Crippen LogP contribution in [0.15, 0.2) is 28.8 Å². The summed E-state index contributed by atoms with van der Waals surface area (Å²) in [6, 6.07) is 8.01. The van der Waals surface area contributed by atoms with Crippen molar-refractivity contribution in [3.05, 3.63) is 35.6 Å². The van der Waals surface area contributed by atoms with Crippen LogP contribution in [0.4, 0.5) is 22.0 Å². The molecule has 2 amide bonds. The van der Waals surface area contributed by atoms with E-state index in [4.69, 9.17) is 9.26 Å². The quantitative estimate of drug-likeness (QED) is 0.420. The molecule has 1 heterocycles. The molecule has 190 valence electrons. The molecule has 2 aliphatic rings. The Bertz CT molecular complexity index is 1030. The van der Waals surface area contributed by atoms with Gasteiger partial charge >= 0.3 is 12.0 Å². The lowest BCUT2D eigenvalue weighted by molar-refractivity contribution is -0.144. The summed E-state index contributed by atoms with van der Waals surface area (Å²) in [5, 5.41) is 9.68. The van der Waals surface area contributed by atoms with Crippen molar-refractivity contribution in [1.29, 1.82) is 0 Å². The largest absolute Gasteiger partial charge is 0.466 e. The fourth-order valence-electron chi connectivity index (χ4n) is 5.13. The second kappa shape index (κ2) is 11.1. The minimum atomic E-state index is -0.373. The molecule has 2 N–H and O–H groups in total. The maximum Gasteiger partial charge on any atom is 0.325 e. The molecule has 0 bridgehead atoms. The zero-order valence-corrected chi connectivity index (χ0v) is 21.3. The SMILES string of the molecule is CCOC(=O)[C@@H]1C[C@@H]1c1ccc(N(CC(C)C)C2CCCCC2)c(NC(=O)Nc2cc(C)on2)c1. The average molecular weight is 483 g/mol. The molecule has 1 aromatic heterocycles. The zero-order valence-electron chi connectivity index (χ0n) is 21.3. The maximum absolute atomic E-state index is 12.9. The molecule has 0 aliphatic heterocycles. The molecule has 8 nitrogen and oxygen atoms in total. The topological polar surface area (TPSA) is 96.7 Å². The number of nitrogens with zero attached hydrogens (tertiary/aromatic N) is 2. The van der Waals surface area contributed by atoms with Crippen molar-refractivity contribution in [3.63, 3.8) is 0 Å². The van der Waals surface area contributed by atoms with Gasteiger partial charge in [0.25, 0.3) is 0 Å². The van der Waals surface area contributed by atoms with Crippen LogP contribution in [-0.4, -0.2) is 36.4 Å². The molecule has 2 atom stereocenters. The minimum absolute atomic E-state index is 0.106. The van der Waals surface area contributed by atoms with Gasteiger partial charge in [0.1, 0.15) is 5.76 Å². The smallest absolute Gasteiger partial charge is 0.325 e. The number of aryl methyl sites for hydroxylation is 1. The van der Waals surface area contributed by atoms with Crippen LogP contribution < -0.4 is 15.5 Å². The van der Waals surface area contributed by atoms with Gasteiger partial charge in [0.2, 0.25) is 0 Å². The molecule has 35 heavy (non-hydrogen) atoms. The van der Waals surface area contributed by atoms with Gasteiger partial charge < -0.3 is 19.5 Å². The molecular formula is C27H38N4O4.